The van der Waals surface area contributed by atoms with Crippen molar-refractivity contribution in [3.8, 4) is 11.1 Å². The Morgan fingerprint density at radius 1 is 1.05 bits per heavy atom. The van der Waals surface area contributed by atoms with Crippen molar-refractivity contribution in [2.24, 2.45) is 0 Å². The summed E-state index contributed by atoms with van der Waals surface area (Å²) in [5.41, 5.74) is 2.87. The molecule has 0 unspecified atom stereocenters. The van der Waals surface area contributed by atoms with Gasteiger partial charge < -0.3 is 15.5 Å². The SMILES string of the molecule is CNC1CCC(N(Cc2cc(-c3ccc(NC=O)cc3)ccc2F)C(=O)c2sc3ccccc3c2Cl)CC1. The van der Waals surface area contributed by atoms with Crippen LogP contribution in [0.4, 0.5) is 10.1 Å². The first-order chi connectivity index (χ1) is 18.5. The smallest absolute Gasteiger partial charge is 0.266 e. The number of hydrogen-bond donors (Lipinski definition) is 2. The number of nitrogens with zero attached hydrogens (tertiary/aromatic N) is 1. The van der Waals surface area contributed by atoms with E-state index in [0.717, 1.165) is 46.9 Å². The normalized spacial score (nSPS) is 17.3. The fourth-order valence-electron chi connectivity index (χ4n) is 5.21. The van der Waals surface area contributed by atoms with Gasteiger partial charge >= 0.3 is 0 Å². The predicted molar refractivity (Wildman–Crippen MR) is 153 cm³/mol. The van der Waals surface area contributed by atoms with Gasteiger partial charge in [0.05, 0.1) is 5.02 Å². The van der Waals surface area contributed by atoms with E-state index < -0.39 is 0 Å². The number of rotatable bonds is 8. The number of nitrogens with one attached hydrogen (secondary N) is 2. The fraction of sp³-hybridized carbons (Fsp3) is 0.267. The summed E-state index contributed by atoms with van der Waals surface area (Å²) in [7, 11) is 1.97. The van der Waals surface area contributed by atoms with Crippen LogP contribution in [0.3, 0.4) is 0 Å². The molecule has 196 valence electrons. The maximum Gasteiger partial charge on any atom is 0.266 e. The Bertz CT molecular complexity index is 1450. The molecule has 2 N–H and O–H groups in total. The van der Waals surface area contributed by atoms with Crippen LogP contribution in [-0.2, 0) is 11.3 Å². The highest BCUT2D eigenvalue weighted by Crippen LogP contribution is 2.38. The average Bonchev–Trinajstić information content (AvgIpc) is 3.29. The van der Waals surface area contributed by atoms with Crippen LogP contribution in [-0.4, -0.2) is 36.3 Å². The van der Waals surface area contributed by atoms with Crippen LogP contribution in [0.25, 0.3) is 21.2 Å². The van der Waals surface area contributed by atoms with Crippen molar-refractivity contribution >= 4 is 51.0 Å². The van der Waals surface area contributed by atoms with Crippen molar-refractivity contribution in [3.05, 3.63) is 88.0 Å². The molecule has 2 amide bonds. The van der Waals surface area contributed by atoms with Crippen LogP contribution < -0.4 is 10.6 Å². The number of anilines is 1. The quantitative estimate of drug-likeness (QED) is 0.230. The Kier molecular flexibility index (Phi) is 8.07. The number of carbonyl (C=O) groups excluding carboxylic acids is 2. The van der Waals surface area contributed by atoms with E-state index >= 15 is 4.39 Å². The van der Waals surface area contributed by atoms with Gasteiger partial charge in [0.25, 0.3) is 5.91 Å². The zero-order valence-electron chi connectivity index (χ0n) is 21.0. The highest BCUT2D eigenvalue weighted by Gasteiger charge is 2.32. The lowest BCUT2D eigenvalue weighted by atomic mass is 9.89. The highest BCUT2D eigenvalue weighted by atomic mass is 35.5. The van der Waals surface area contributed by atoms with Gasteiger partial charge in [-0.25, -0.2) is 4.39 Å². The standard InChI is InChI=1S/C30H29ClFN3O2S/c1-33-22-11-13-24(14-12-22)35(30(37)29-28(31)25-4-2-3-5-27(25)38-29)17-21-16-20(8-15-26(21)32)19-6-9-23(10-7-19)34-18-36/h2-10,15-16,18,22,24,33H,11-14,17H2,1H3,(H,34,36). The Morgan fingerprint density at radius 3 is 2.45 bits per heavy atom. The maximum absolute atomic E-state index is 15.2. The van der Waals surface area contributed by atoms with Gasteiger partial charge in [-0.15, -0.1) is 11.3 Å². The van der Waals surface area contributed by atoms with Crippen molar-refractivity contribution in [3.63, 3.8) is 0 Å². The van der Waals surface area contributed by atoms with Crippen LogP contribution in [0, 0.1) is 5.82 Å². The Labute approximate surface area is 230 Å². The summed E-state index contributed by atoms with van der Waals surface area (Å²) in [5, 5.41) is 7.28. The van der Waals surface area contributed by atoms with Crippen LogP contribution in [0.15, 0.2) is 66.7 Å². The highest BCUT2D eigenvalue weighted by molar-refractivity contribution is 7.21. The van der Waals surface area contributed by atoms with Crippen molar-refractivity contribution in [1.82, 2.24) is 10.2 Å². The molecule has 1 aliphatic rings. The van der Waals surface area contributed by atoms with Gasteiger partial charge in [-0.1, -0.05) is 48.0 Å². The molecule has 4 aromatic rings. The monoisotopic (exact) mass is 549 g/mol. The zero-order valence-corrected chi connectivity index (χ0v) is 22.6. The summed E-state index contributed by atoms with van der Waals surface area (Å²) in [5.74, 6) is -0.504. The Morgan fingerprint density at radius 2 is 1.76 bits per heavy atom. The summed E-state index contributed by atoms with van der Waals surface area (Å²) < 4.78 is 16.1. The molecule has 1 saturated carbocycles. The second-order valence-corrected chi connectivity index (χ2v) is 11.0. The van der Waals surface area contributed by atoms with Gasteiger partial charge in [-0.05, 0) is 74.2 Å². The minimum Gasteiger partial charge on any atom is -0.330 e. The molecular formula is C30H29ClFN3O2S. The molecule has 38 heavy (non-hydrogen) atoms. The summed E-state index contributed by atoms with van der Waals surface area (Å²) in [6.07, 6.45) is 4.21. The maximum atomic E-state index is 15.2. The van der Waals surface area contributed by atoms with E-state index in [9.17, 15) is 9.59 Å². The van der Waals surface area contributed by atoms with E-state index in [1.807, 2.05) is 54.4 Å². The third kappa shape index (κ3) is 5.46. The first-order valence-electron chi connectivity index (χ1n) is 12.7. The van der Waals surface area contributed by atoms with Crippen molar-refractivity contribution in [2.75, 3.05) is 12.4 Å². The van der Waals surface area contributed by atoms with E-state index in [1.54, 1.807) is 18.2 Å². The minimum absolute atomic E-state index is 0.00914. The predicted octanol–water partition coefficient (Wildman–Crippen LogP) is 7.10. The molecule has 1 aliphatic carbocycles. The van der Waals surface area contributed by atoms with Gasteiger partial charge in [0, 0.05) is 40.0 Å². The molecule has 0 bridgehead atoms. The molecule has 3 aromatic carbocycles. The molecule has 0 spiro atoms. The lowest BCUT2D eigenvalue weighted by molar-refractivity contribution is -0.105. The lowest BCUT2D eigenvalue weighted by Gasteiger charge is -2.37. The summed E-state index contributed by atoms with van der Waals surface area (Å²) in [4.78, 5) is 27.1. The van der Waals surface area contributed by atoms with Crippen LogP contribution in [0.5, 0.6) is 0 Å². The molecule has 0 saturated heterocycles. The van der Waals surface area contributed by atoms with Gasteiger partial charge in [0.2, 0.25) is 6.41 Å². The molecule has 5 rings (SSSR count). The van der Waals surface area contributed by atoms with Crippen LogP contribution >= 0.6 is 22.9 Å². The molecule has 0 atom stereocenters. The average molecular weight is 550 g/mol. The third-order valence-corrected chi connectivity index (χ3v) is 9.03. The molecule has 1 heterocycles. The molecule has 1 fully saturated rings. The minimum atomic E-state index is -0.350. The molecule has 5 nitrogen and oxygen atoms in total. The number of carbonyl (C=O) groups is 2. The summed E-state index contributed by atoms with van der Waals surface area (Å²) in [6.45, 7) is 0.156. The van der Waals surface area contributed by atoms with Gasteiger partial charge in [-0.3, -0.25) is 9.59 Å². The molecular weight excluding hydrogens is 521 g/mol. The molecule has 0 aliphatic heterocycles. The van der Waals surface area contributed by atoms with Crippen molar-refractivity contribution < 1.29 is 14.0 Å². The number of hydrogen-bond acceptors (Lipinski definition) is 4. The van der Waals surface area contributed by atoms with Gasteiger partial charge in [-0.2, -0.15) is 0 Å². The van der Waals surface area contributed by atoms with E-state index in [0.29, 0.717) is 33.6 Å². The first-order valence-corrected chi connectivity index (χ1v) is 13.9. The number of benzene rings is 3. The van der Waals surface area contributed by atoms with E-state index in [-0.39, 0.29) is 24.3 Å². The number of thiophene rings is 1. The Balaban J connectivity index is 1.48. The zero-order chi connectivity index (χ0) is 26.6. The largest absolute Gasteiger partial charge is 0.330 e. The van der Waals surface area contributed by atoms with E-state index in [2.05, 4.69) is 10.6 Å². The van der Waals surface area contributed by atoms with E-state index in [1.165, 1.54) is 17.4 Å². The third-order valence-electron chi connectivity index (χ3n) is 7.37. The second kappa shape index (κ2) is 11.6. The number of halogens is 2. The molecule has 1 aromatic heterocycles. The number of amides is 2. The number of fused-ring (bicyclic) bond motifs is 1. The van der Waals surface area contributed by atoms with Crippen molar-refractivity contribution in [2.45, 2.75) is 44.3 Å². The summed E-state index contributed by atoms with van der Waals surface area (Å²) >= 11 is 8.10. The van der Waals surface area contributed by atoms with Gasteiger partial charge in [0.1, 0.15) is 10.7 Å². The second-order valence-electron chi connectivity index (χ2n) is 9.61. The van der Waals surface area contributed by atoms with Crippen molar-refractivity contribution in [1.29, 1.82) is 0 Å². The molecule has 0 radical (unpaired) electrons. The van der Waals surface area contributed by atoms with Gasteiger partial charge in [0.15, 0.2) is 0 Å². The lowest BCUT2D eigenvalue weighted by Crippen LogP contribution is -2.44. The fourth-order valence-corrected chi connectivity index (χ4v) is 6.68. The topological polar surface area (TPSA) is 61.4 Å². The van der Waals surface area contributed by atoms with Crippen LogP contribution in [0.2, 0.25) is 5.02 Å². The first kappa shape index (κ1) is 26.4. The van der Waals surface area contributed by atoms with Crippen LogP contribution in [0.1, 0.15) is 40.9 Å². The Hall–Kier alpha value is -3.26. The van der Waals surface area contributed by atoms with E-state index in [4.69, 9.17) is 11.6 Å². The summed E-state index contributed by atoms with van der Waals surface area (Å²) in [6, 6.07) is 20.5. The molecule has 8 heteroatoms.